The Labute approximate surface area is 35.7 Å². The van der Waals surface area contributed by atoms with Crippen molar-refractivity contribution in [3.05, 3.63) is 0 Å². The van der Waals surface area contributed by atoms with Crippen LogP contribution in [0.5, 0.6) is 0 Å². The Morgan fingerprint density at radius 1 is 2.00 bits per heavy atom. The Balaban J connectivity index is 2.44. The highest BCUT2D eigenvalue weighted by Gasteiger charge is 2.28. The van der Waals surface area contributed by atoms with Crippen molar-refractivity contribution >= 4 is 12.0 Å². The second kappa shape index (κ2) is 0.899. The summed E-state index contributed by atoms with van der Waals surface area (Å²) < 4.78 is 0. The summed E-state index contributed by atoms with van der Waals surface area (Å²) in [5, 5.41) is 6.74. The molecule has 0 aliphatic heterocycles. The Morgan fingerprint density at radius 2 is 2.50 bits per heavy atom. The zero-order chi connectivity index (χ0) is 4.57. The lowest BCUT2D eigenvalue weighted by Gasteiger charge is -1.57. The van der Waals surface area contributed by atoms with Crippen molar-refractivity contribution in [2.45, 2.75) is 6.42 Å². The highest BCUT2D eigenvalue weighted by molar-refractivity contribution is 6.09. The second-order valence-corrected chi connectivity index (χ2v) is 1.47. The molecule has 0 radical (unpaired) electrons. The zero-order valence-corrected chi connectivity index (χ0v) is 3.27. The molecule has 1 atom stereocenters. The van der Waals surface area contributed by atoms with Gasteiger partial charge in [-0.1, -0.05) is 0 Å². The third-order valence-corrected chi connectivity index (χ3v) is 0.892. The van der Waals surface area contributed by atoms with Crippen molar-refractivity contribution in [2.75, 3.05) is 0 Å². The van der Waals surface area contributed by atoms with Gasteiger partial charge in [0.2, 0.25) is 0 Å². The molecule has 0 saturated heterocycles. The normalized spacial score (nSPS) is 30.0. The summed E-state index contributed by atoms with van der Waals surface area (Å²) in [7, 11) is 0. The van der Waals surface area contributed by atoms with Crippen LogP contribution < -0.4 is 0 Å². The summed E-state index contributed by atoms with van der Waals surface area (Å²) in [5.74, 6) is 0.00463. The molecule has 2 nitrogen and oxygen atoms in total. The second-order valence-electron chi connectivity index (χ2n) is 1.47. The lowest BCUT2D eigenvalue weighted by molar-refractivity contribution is -0.108. The molecular weight excluding hydrogens is 78.0 g/mol. The van der Waals surface area contributed by atoms with Gasteiger partial charge in [-0.2, -0.15) is 0 Å². The summed E-state index contributed by atoms with van der Waals surface area (Å²) in [6, 6.07) is 0. The number of carbonyl (C=O) groups excluding carboxylic acids is 1. The molecule has 0 aromatic heterocycles. The highest BCUT2D eigenvalue weighted by atomic mass is 16.1. The van der Waals surface area contributed by atoms with Crippen molar-refractivity contribution in [2.24, 2.45) is 5.92 Å². The minimum absolute atomic E-state index is 0.00463. The van der Waals surface area contributed by atoms with E-state index >= 15 is 0 Å². The zero-order valence-electron chi connectivity index (χ0n) is 3.27. The molecule has 1 fully saturated rings. The highest BCUT2D eigenvalue weighted by Crippen LogP contribution is 2.20. The van der Waals surface area contributed by atoms with Crippen molar-refractivity contribution in [3.8, 4) is 0 Å². The predicted octanol–water partition coefficient (Wildman–Crippen LogP) is 0.225. The average molecular weight is 83.1 g/mol. The molecule has 0 heterocycles. The Morgan fingerprint density at radius 3 is 2.50 bits per heavy atom. The van der Waals surface area contributed by atoms with E-state index in [0.29, 0.717) is 12.1 Å². The van der Waals surface area contributed by atoms with E-state index in [-0.39, 0.29) is 5.92 Å². The standard InChI is InChI=1S/C4H5NO/c5-4-1-3(4)2-6/h2-3,5H,1H2/t3-/m1/s1. The fraction of sp³-hybridized carbons (Fsp3) is 0.500. The van der Waals surface area contributed by atoms with Crippen molar-refractivity contribution in [3.63, 3.8) is 0 Å². The third kappa shape index (κ3) is 0.339. The smallest absolute Gasteiger partial charge is 0.129 e. The maximum atomic E-state index is 9.64. The van der Waals surface area contributed by atoms with Gasteiger partial charge in [0.1, 0.15) is 6.29 Å². The van der Waals surface area contributed by atoms with Gasteiger partial charge in [-0.25, -0.2) is 0 Å². The molecule has 0 unspecified atom stereocenters. The van der Waals surface area contributed by atoms with Crippen LogP contribution in [0.25, 0.3) is 0 Å². The maximum Gasteiger partial charge on any atom is 0.129 e. The van der Waals surface area contributed by atoms with E-state index < -0.39 is 0 Å². The molecule has 1 saturated carbocycles. The molecule has 32 valence electrons. The Hall–Kier alpha value is -0.660. The number of rotatable bonds is 1. The molecule has 1 N–H and O–H groups in total. The van der Waals surface area contributed by atoms with Gasteiger partial charge < -0.3 is 10.2 Å². The molecule has 1 aliphatic carbocycles. The van der Waals surface area contributed by atoms with E-state index in [1.807, 2.05) is 0 Å². The van der Waals surface area contributed by atoms with Gasteiger partial charge in [0.25, 0.3) is 0 Å². The van der Waals surface area contributed by atoms with E-state index in [2.05, 4.69) is 0 Å². The largest absolute Gasteiger partial charge is 0.309 e. The number of hydrogen-bond donors (Lipinski definition) is 1. The number of aldehydes is 1. The van der Waals surface area contributed by atoms with Crippen molar-refractivity contribution in [1.82, 2.24) is 0 Å². The molecular formula is C4H5NO. The molecule has 0 amide bonds. The van der Waals surface area contributed by atoms with E-state index in [0.717, 1.165) is 6.29 Å². The molecule has 2 heteroatoms. The molecule has 0 aromatic rings. The summed E-state index contributed by atoms with van der Waals surface area (Å²) in [6.45, 7) is 0. The average Bonchev–Trinajstić information content (AvgIpc) is 2.19. The van der Waals surface area contributed by atoms with E-state index in [1.54, 1.807) is 0 Å². The van der Waals surface area contributed by atoms with Gasteiger partial charge in [0.15, 0.2) is 0 Å². The van der Waals surface area contributed by atoms with Gasteiger partial charge in [-0.3, -0.25) is 0 Å². The molecule has 1 rings (SSSR count). The van der Waals surface area contributed by atoms with Crippen LogP contribution in [0.4, 0.5) is 0 Å². The minimum atomic E-state index is 0.00463. The van der Waals surface area contributed by atoms with Crippen LogP contribution in [0.2, 0.25) is 0 Å². The van der Waals surface area contributed by atoms with Crippen molar-refractivity contribution < 1.29 is 4.79 Å². The summed E-state index contributed by atoms with van der Waals surface area (Å²) in [6.07, 6.45) is 1.53. The fourth-order valence-electron chi connectivity index (χ4n) is 0.308. The van der Waals surface area contributed by atoms with Crippen LogP contribution in [0.3, 0.4) is 0 Å². The first-order valence-electron chi connectivity index (χ1n) is 1.87. The topological polar surface area (TPSA) is 40.9 Å². The summed E-state index contributed by atoms with van der Waals surface area (Å²) in [4.78, 5) is 9.64. The van der Waals surface area contributed by atoms with Gasteiger partial charge in [-0.15, -0.1) is 0 Å². The first kappa shape index (κ1) is 3.53. The molecule has 0 spiro atoms. The minimum Gasteiger partial charge on any atom is -0.309 e. The molecule has 6 heavy (non-hydrogen) atoms. The van der Waals surface area contributed by atoms with Gasteiger partial charge >= 0.3 is 0 Å². The lowest BCUT2D eigenvalue weighted by atomic mass is 10.5. The molecule has 0 bridgehead atoms. The van der Waals surface area contributed by atoms with Crippen LogP contribution >= 0.6 is 0 Å². The van der Waals surface area contributed by atoms with Crippen LogP contribution in [0.1, 0.15) is 6.42 Å². The number of nitrogens with one attached hydrogen (secondary N) is 1. The lowest BCUT2D eigenvalue weighted by Crippen LogP contribution is -1.74. The monoisotopic (exact) mass is 83.0 g/mol. The van der Waals surface area contributed by atoms with Crippen molar-refractivity contribution in [1.29, 1.82) is 5.41 Å². The first-order chi connectivity index (χ1) is 2.84. The van der Waals surface area contributed by atoms with Gasteiger partial charge in [-0.05, 0) is 0 Å². The Bertz CT molecular complexity index is 97.7. The SMILES string of the molecule is N=C1C[C@@H]1C=O. The molecule has 1 aliphatic rings. The number of hydrogen-bond acceptors (Lipinski definition) is 2. The van der Waals surface area contributed by atoms with E-state index in [4.69, 9.17) is 5.41 Å². The van der Waals surface area contributed by atoms with Crippen LogP contribution in [0.15, 0.2) is 0 Å². The van der Waals surface area contributed by atoms with E-state index in [1.165, 1.54) is 0 Å². The third-order valence-electron chi connectivity index (χ3n) is 0.892. The summed E-state index contributed by atoms with van der Waals surface area (Å²) >= 11 is 0. The quantitative estimate of drug-likeness (QED) is 0.453. The fourth-order valence-corrected chi connectivity index (χ4v) is 0.308. The van der Waals surface area contributed by atoms with Crippen LogP contribution in [-0.2, 0) is 4.79 Å². The Kier molecular flexibility index (Phi) is 0.528. The maximum absolute atomic E-state index is 9.64. The summed E-state index contributed by atoms with van der Waals surface area (Å²) in [5.41, 5.74) is 0.588. The first-order valence-corrected chi connectivity index (χ1v) is 1.87. The predicted molar refractivity (Wildman–Crippen MR) is 21.9 cm³/mol. The van der Waals surface area contributed by atoms with Gasteiger partial charge in [0, 0.05) is 12.1 Å². The van der Waals surface area contributed by atoms with E-state index in [9.17, 15) is 4.79 Å². The van der Waals surface area contributed by atoms with Crippen LogP contribution in [0, 0.1) is 11.3 Å². The molecule has 0 aromatic carbocycles. The van der Waals surface area contributed by atoms with Crippen LogP contribution in [-0.4, -0.2) is 12.0 Å². The van der Waals surface area contributed by atoms with Gasteiger partial charge in [0.05, 0.1) is 5.92 Å². The number of carbonyl (C=O) groups is 1.